The first-order valence-electron chi connectivity index (χ1n) is 9.53. The highest BCUT2D eigenvalue weighted by Crippen LogP contribution is 2.26. The lowest BCUT2D eigenvalue weighted by Crippen LogP contribution is -2.30. The molecule has 5 heteroatoms. The monoisotopic (exact) mass is 366 g/mol. The van der Waals surface area contributed by atoms with E-state index in [0.29, 0.717) is 19.5 Å². The summed E-state index contributed by atoms with van der Waals surface area (Å²) in [5.41, 5.74) is 4.49. The highest BCUT2D eigenvalue weighted by atomic mass is 19.1. The molecule has 2 aromatic rings. The van der Waals surface area contributed by atoms with Crippen LogP contribution >= 0.6 is 0 Å². The van der Waals surface area contributed by atoms with Gasteiger partial charge in [-0.25, -0.2) is 4.39 Å². The highest BCUT2D eigenvalue weighted by molar-refractivity contribution is 5.97. The minimum Gasteiger partial charge on any atom is -0.342 e. The van der Waals surface area contributed by atoms with Gasteiger partial charge in [-0.15, -0.1) is 0 Å². The number of hydrogen-bond acceptors (Lipinski definition) is 2. The molecule has 0 saturated carbocycles. The van der Waals surface area contributed by atoms with E-state index in [2.05, 4.69) is 17.4 Å². The summed E-state index contributed by atoms with van der Waals surface area (Å²) in [6, 6.07) is 12.4. The smallest absolute Gasteiger partial charge is 0.229 e. The Balaban J connectivity index is 1.32. The molecule has 4 rings (SSSR count). The first-order chi connectivity index (χ1) is 13.1. The van der Waals surface area contributed by atoms with Crippen LogP contribution < -0.4 is 5.32 Å². The summed E-state index contributed by atoms with van der Waals surface area (Å²) >= 11 is 0. The van der Waals surface area contributed by atoms with Gasteiger partial charge in [0.1, 0.15) is 5.82 Å². The lowest BCUT2D eigenvalue weighted by molar-refractivity contribution is -0.128. The van der Waals surface area contributed by atoms with Crippen molar-refractivity contribution in [2.45, 2.75) is 32.1 Å². The number of rotatable bonds is 5. The summed E-state index contributed by atoms with van der Waals surface area (Å²) in [6.45, 7) is 0.990. The van der Waals surface area contributed by atoms with Crippen LogP contribution in [-0.4, -0.2) is 29.8 Å². The molecular weight excluding hydrogens is 343 g/mol. The third-order valence-corrected chi connectivity index (χ3v) is 5.53. The van der Waals surface area contributed by atoms with Crippen molar-refractivity contribution >= 4 is 17.5 Å². The molecule has 4 nitrogen and oxygen atoms in total. The second-order valence-corrected chi connectivity index (χ2v) is 7.44. The van der Waals surface area contributed by atoms with Gasteiger partial charge in [-0.3, -0.25) is 9.59 Å². The number of fused-ring (bicyclic) bond motifs is 1. The van der Waals surface area contributed by atoms with E-state index < -0.39 is 0 Å². The van der Waals surface area contributed by atoms with E-state index >= 15 is 0 Å². The molecule has 1 N–H and O–H groups in total. The molecule has 2 amide bonds. The largest absolute Gasteiger partial charge is 0.342 e. The first kappa shape index (κ1) is 17.7. The summed E-state index contributed by atoms with van der Waals surface area (Å²) in [4.78, 5) is 26.6. The molecule has 0 aromatic heterocycles. The van der Waals surface area contributed by atoms with Gasteiger partial charge in [0.2, 0.25) is 11.8 Å². The fraction of sp³-hybridized carbons (Fsp3) is 0.364. The number of nitrogens with zero attached hydrogens (tertiary/aromatic N) is 1. The molecule has 140 valence electrons. The molecule has 2 aromatic carbocycles. The van der Waals surface area contributed by atoms with Gasteiger partial charge in [-0.1, -0.05) is 18.2 Å². The van der Waals surface area contributed by atoms with Crippen LogP contribution in [-0.2, 0) is 28.9 Å². The molecule has 0 bridgehead atoms. The molecule has 1 aliphatic carbocycles. The van der Waals surface area contributed by atoms with Gasteiger partial charge in [0, 0.05) is 25.2 Å². The van der Waals surface area contributed by atoms with Crippen LogP contribution in [0.4, 0.5) is 10.1 Å². The maximum atomic E-state index is 13.0. The second kappa shape index (κ2) is 7.51. The molecule has 1 saturated heterocycles. The summed E-state index contributed by atoms with van der Waals surface area (Å²) < 4.78 is 13.0. The zero-order valence-corrected chi connectivity index (χ0v) is 15.2. The van der Waals surface area contributed by atoms with E-state index in [1.54, 1.807) is 17.0 Å². The van der Waals surface area contributed by atoms with Crippen LogP contribution in [0.2, 0.25) is 0 Å². The molecule has 1 fully saturated rings. The van der Waals surface area contributed by atoms with E-state index in [9.17, 15) is 14.0 Å². The van der Waals surface area contributed by atoms with Gasteiger partial charge < -0.3 is 10.2 Å². The number of benzene rings is 2. The van der Waals surface area contributed by atoms with Crippen LogP contribution in [0, 0.1) is 11.7 Å². The van der Waals surface area contributed by atoms with Crippen molar-refractivity contribution in [3.8, 4) is 0 Å². The Morgan fingerprint density at radius 2 is 1.89 bits per heavy atom. The van der Waals surface area contributed by atoms with Gasteiger partial charge in [0.25, 0.3) is 0 Å². The first-order valence-corrected chi connectivity index (χ1v) is 9.53. The van der Waals surface area contributed by atoms with Crippen molar-refractivity contribution in [3.63, 3.8) is 0 Å². The van der Waals surface area contributed by atoms with Crippen LogP contribution in [0.3, 0.4) is 0 Å². The minimum absolute atomic E-state index is 0.00575. The second-order valence-electron chi connectivity index (χ2n) is 7.44. The van der Waals surface area contributed by atoms with Crippen molar-refractivity contribution < 1.29 is 14.0 Å². The van der Waals surface area contributed by atoms with Crippen molar-refractivity contribution in [2.24, 2.45) is 5.92 Å². The Hall–Kier alpha value is -2.69. The lowest BCUT2D eigenvalue weighted by atomic mass is 10.1. The van der Waals surface area contributed by atoms with E-state index in [4.69, 9.17) is 0 Å². The Bertz CT molecular complexity index is 863. The number of amides is 2. The van der Waals surface area contributed by atoms with E-state index in [1.807, 2.05) is 6.07 Å². The average molecular weight is 366 g/mol. The molecule has 2 aliphatic rings. The van der Waals surface area contributed by atoms with Crippen LogP contribution in [0.5, 0.6) is 0 Å². The van der Waals surface area contributed by atoms with Crippen LogP contribution in [0.15, 0.2) is 42.5 Å². The lowest BCUT2D eigenvalue weighted by Gasteiger charge is -2.16. The standard InChI is InChI=1S/C22H23FN2O2/c23-19-7-4-15(5-8-19)10-11-25-14-18(13-21(25)26)22(27)24-20-9-6-16-2-1-3-17(16)12-20/h4-9,12,18H,1-3,10-11,13-14H2,(H,24,27)/t18-/m1/s1. The third kappa shape index (κ3) is 4.02. The van der Waals surface area contributed by atoms with E-state index in [-0.39, 0.29) is 30.0 Å². The zero-order chi connectivity index (χ0) is 18.8. The van der Waals surface area contributed by atoms with Gasteiger partial charge in [-0.2, -0.15) is 0 Å². The van der Waals surface area contributed by atoms with Gasteiger partial charge in [0.05, 0.1) is 5.92 Å². The normalized spacial score (nSPS) is 18.6. The predicted octanol–water partition coefficient (Wildman–Crippen LogP) is 3.34. The highest BCUT2D eigenvalue weighted by Gasteiger charge is 2.34. The minimum atomic E-state index is -0.320. The summed E-state index contributed by atoms with van der Waals surface area (Å²) in [7, 11) is 0. The number of carbonyl (C=O) groups excluding carboxylic acids is 2. The van der Waals surface area contributed by atoms with Gasteiger partial charge in [-0.05, 0) is 66.6 Å². The number of aryl methyl sites for hydroxylation is 2. The van der Waals surface area contributed by atoms with Crippen molar-refractivity contribution in [2.75, 3.05) is 18.4 Å². The molecule has 1 aliphatic heterocycles. The molecule has 0 radical (unpaired) electrons. The maximum absolute atomic E-state index is 13.0. The van der Waals surface area contributed by atoms with E-state index in [0.717, 1.165) is 24.1 Å². The van der Waals surface area contributed by atoms with Gasteiger partial charge in [0.15, 0.2) is 0 Å². The Morgan fingerprint density at radius 3 is 2.70 bits per heavy atom. The Labute approximate surface area is 158 Å². The number of carbonyl (C=O) groups is 2. The van der Waals surface area contributed by atoms with Crippen LogP contribution in [0.25, 0.3) is 0 Å². The molecule has 27 heavy (non-hydrogen) atoms. The molecule has 1 heterocycles. The topological polar surface area (TPSA) is 49.4 Å². The number of halogens is 1. The number of anilines is 1. The average Bonchev–Trinajstić information content (AvgIpc) is 3.27. The van der Waals surface area contributed by atoms with Crippen molar-refractivity contribution in [1.29, 1.82) is 0 Å². The molecule has 1 atom stereocenters. The summed E-state index contributed by atoms with van der Waals surface area (Å²) in [6.07, 6.45) is 4.26. The zero-order valence-electron chi connectivity index (χ0n) is 15.2. The predicted molar refractivity (Wildman–Crippen MR) is 102 cm³/mol. The van der Waals surface area contributed by atoms with E-state index in [1.165, 1.54) is 29.7 Å². The summed E-state index contributed by atoms with van der Waals surface area (Å²) in [5, 5.41) is 2.98. The molecule has 0 unspecified atom stereocenters. The van der Waals surface area contributed by atoms with Crippen molar-refractivity contribution in [3.05, 3.63) is 65.0 Å². The van der Waals surface area contributed by atoms with Gasteiger partial charge >= 0.3 is 0 Å². The molecule has 0 spiro atoms. The summed E-state index contributed by atoms with van der Waals surface area (Å²) in [5.74, 6) is -0.671. The third-order valence-electron chi connectivity index (χ3n) is 5.53. The number of hydrogen-bond donors (Lipinski definition) is 1. The Kier molecular flexibility index (Phi) is 4.92. The SMILES string of the molecule is O=C(Nc1ccc2c(c1)CCC2)[C@@H]1CC(=O)N(CCc2ccc(F)cc2)C1. The van der Waals surface area contributed by atoms with Crippen LogP contribution in [0.1, 0.15) is 29.5 Å². The number of likely N-dealkylation sites (tertiary alicyclic amines) is 1. The number of nitrogens with one attached hydrogen (secondary N) is 1. The fourth-order valence-electron chi connectivity index (χ4n) is 3.97. The van der Waals surface area contributed by atoms with Crippen molar-refractivity contribution in [1.82, 2.24) is 4.90 Å². The molecular formula is C22H23FN2O2. The fourth-order valence-corrected chi connectivity index (χ4v) is 3.97. The quantitative estimate of drug-likeness (QED) is 0.882. The Morgan fingerprint density at radius 1 is 1.11 bits per heavy atom. The maximum Gasteiger partial charge on any atom is 0.229 e.